The maximum absolute atomic E-state index is 12.9. The fourth-order valence-corrected chi connectivity index (χ4v) is 3.65. The van der Waals surface area contributed by atoms with Gasteiger partial charge in [-0.1, -0.05) is 23.7 Å². The maximum atomic E-state index is 12.9. The van der Waals surface area contributed by atoms with E-state index in [0.29, 0.717) is 11.8 Å². The highest BCUT2D eigenvalue weighted by Crippen LogP contribution is 2.35. The van der Waals surface area contributed by atoms with Crippen molar-refractivity contribution < 1.29 is 26.4 Å². The van der Waals surface area contributed by atoms with Gasteiger partial charge in [-0.3, -0.25) is 4.79 Å². The van der Waals surface area contributed by atoms with E-state index in [9.17, 15) is 26.4 Å². The van der Waals surface area contributed by atoms with E-state index in [0.717, 1.165) is 23.3 Å². The Balaban J connectivity index is 2.02. The van der Waals surface area contributed by atoms with Crippen LogP contribution in [-0.2, 0) is 21.0 Å². The Hall–Kier alpha value is -2.10. The molecule has 5 nitrogen and oxygen atoms in total. The Kier molecular flexibility index (Phi) is 6.74. The number of rotatable bonds is 6. The van der Waals surface area contributed by atoms with Gasteiger partial charge in [0.05, 0.1) is 15.5 Å². The summed E-state index contributed by atoms with van der Waals surface area (Å²) in [7, 11) is -4.23. The third-order valence-electron chi connectivity index (χ3n) is 4.08. The lowest BCUT2D eigenvalue weighted by molar-refractivity contribution is -0.137. The Bertz CT molecular complexity index is 992. The molecule has 0 radical (unpaired) electrons. The Morgan fingerprint density at radius 2 is 1.82 bits per heavy atom. The van der Waals surface area contributed by atoms with Gasteiger partial charge in [-0.2, -0.15) is 13.2 Å². The summed E-state index contributed by atoms with van der Waals surface area (Å²) in [6, 6.07) is 7.68. The number of aryl methyl sites for hydroxylation is 1. The number of halogens is 4. The van der Waals surface area contributed by atoms with Gasteiger partial charge in [-0.25, -0.2) is 13.1 Å². The summed E-state index contributed by atoms with van der Waals surface area (Å²) in [6.45, 7) is 3.45. The lowest BCUT2D eigenvalue weighted by atomic mass is 10.1. The van der Waals surface area contributed by atoms with Crippen molar-refractivity contribution in [2.75, 3.05) is 11.9 Å². The first-order valence-electron chi connectivity index (χ1n) is 8.14. The smallest absolute Gasteiger partial charge is 0.326 e. The molecule has 28 heavy (non-hydrogen) atoms. The number of carbonyl (C=O) groups is 1. The van der Waals surface area contributed by atoms with E-state index >= 15 is 0 Å². The second-order valence-electron chi connectivity index (χ2n) is 6.08. The van der Waals surface area contributed by atoms with Crippen molar-refractivity contribution in [1.82, 2.24) is 4.72 Å². The molecule has 0 heterocycles. The van der Waals surface area contributed by atoms with E-state index in [2.05, 4.69) is 10.0 Å². The van der Waals surface area contributed by atoms with Crippen LogP contribution in [0, 0.1) is 13.8 Å². The number of carbonyl (C=O) groups excluding carboxylic acids is 1. The first-order chi connectivity index (χ1) is 12.9. The quantitative estimate of drug-likeness (QED) is 0.712. The topological polar surface area (TPSA) is 75.3 Å². The van der Waals surface area contributed by atoms with E-state index in [4.69, 9.17) is 11.6 Å². The first kappa shape index (κ1) is 22.2. The molecule has 0 atom stereocenters. The van der Waals surface area contributed by atoms with Crippen LogP contribution in [0.25, 0.3) is 0 Å². The van der Waals surface area contributed by atoms with Crippen molar-refractivity contribution in [2.45, 2.75) is 31.3 Å². The van der Waals surface area contributed by atoms with E-state index in [-0.39, 0.29) is 13.0 Å². The molecule has 0 aliphatic rings. The fraction of sp³-hybridized carbons (Fsp3) is 0.278. The highest BCUT2D eigenvalue weighted by molar-refractivity contribution is 7.89. The molecule has 152 valence electrons. The van der Waals surface area contributed by atoms with Gasteiger partial charge in [0.2, 0.25) is 15.9 Å². The third-order valence-corrected chi connectivity index (χ3v) is 5.86. The summed E-state index contributed by atoms with van der Waals surface area (Å²) in [5.74, 6) is -0.427. The van der Waals surface area contributed by atoms with Gasteiger partial charge in [0.15, 0.2) is 0 Å². The molecule has 0 aliphatic carbocycles. The van der Waals surface area contributed by atoms with E-state index in [1.807, 2.05) is 19.9 Å². The minimum atomic E-state index is -4.78. The van der Waals surface area contributed by atoms with Crippen LogP contribution in [0.5, 0.6) is 0 Å². The molecule has 0 saturated carbocycles. The van der Waals surface area contributed by atoms with Crippen molar-refractivity contribution >= 4 is 33.2 Å². The zero-order valence-electron chi connectivity index (χ0n) is 15.0. The van der Waals surface area contributed by atoms with Crippen molar-refractivity contribution in [3.8, 4) is 0 Å². The molecule has 0 spiro atoms. The molecular formula is C18H18ClF3N2O3S. The van der Waals surface area contributed by atoms with Crippen LogP contribution < -0.4 is 10.0 Å². The molecule has 2 N–H and O–H groups in total. The van der Waals surface area contributed by atoms with E-state index in [1.165, 1.54) is 0 Å². The molecule has 0 saturated heterocycles. The molecule has 0 unspecified atom stereocenters. The third kappa shape index (κ3) is 5.46. The number of benzene rings is 2. The Morgan fingerprint density at radius 1 is 1.14 bits per heavy atom. The Morgan fingerprint density at radius 3 is 2.46 bits per heavy atom. The molecule has 10 heteroatoms. The van der Waals surface area contributed by atoms with E-state index < -0.39 is 37.6 Å². The molecule has 0 aromatic heterocycles. The second kappa shape index (κ2) is 8.50. The van der Waals surface area contributed by atoms with E-state index in [1.54, 1.807) is 12.1 Å². The number of nitrogens with one attached hydrogen (secondary N) is 2. The zero-order chi connectivity index (χ0) is 21.1. The van der Waals surface area contributed by atoms with Crippen LogP contribution in [0.2, 0.25) is 5.02 Å². The summed E-state index contributed by atoms with van der Waals surface area (Å²) in [5, 5.41) is 2.08. The lowest BCUT2D eigenvalue weighted by Gasteiger charge is -2.12. The molecule has 0 aliphatic heterocycles. The first-order valence-corrected chi connectivity index (χ1v) is 10.0. The van der Waals surface area contributed by atoms with Gasteiger partial charge >= 0.3 is 6.18 Å². The molecule has 2 rings (SSSR count). The molecule has 0 fully saturated rings. The largest absolute Gasteiger partial charge is 0.417 e. The van der Waals surface area contributed by atoms with Gasteiger partial charge in [0.1, 0.15) is 0 Å². The summed E-state index contributed by atoms with van der Waals surface area (Å²) >= 11 is 5.49. The van der Waals surface area contributed by atoms with Crippen molar-refractivity contribution in [1.29, 1.82) is 0 Å². The number of hydrogen-bond acceptors (Lipinski definition) is 3. The highest BCUT2D eigenvalue weighted by Gasteiger charge is 2.34. The van der Waals surface area contributed by atoms with Crippen molar-refractivity contribution in [3.05, 3.63) is 58.1 Å². The summed E-state index contributed by atoms with van der Waals surface area (Å²) in [4.78, 5) is 11.4. The minimum Gasteiger partial charge on any atom is -0.326 e. The average molecular weight is 435 g/mol. The summed E-state index contributed by atoms with van der Waals surface area (Å²) in [5.41, 5.74) is 1.24. The molecule has 2 aromatic carbocycles. The second-order valence-corrected chi connectivity index (χ2v) is 8.26. The van der Waals surface area contributed by atoms with Gasteiger partial charge in [-0.05, 0) is 49.2 Å². The Labute approximate surface area is 166 Å². The normalized spacial score (nSPS) is 12.1. The molecule has 2 aromatic rings. The molecular weight excluding hydrogens is 417 g/mol. The number of sulfonamides is 1. The number of hydrogen-bond donors (Lipinski definition) is 2. The zero-order valence-corrected chi connectivity index (χ0v) is 16.6. The highest BCUT2D eigenvalue weighted by atomic mass is 35.5. The standard InChI is InChI=1S/C18H18ClF3N2O3S/c1-11-4-3-5-16(12(11)2)24-17(25)8-9-23-28(26,27)13-6-7-15(19)14(10-13)18(20,21)22/h3-7,10,23H,8-9H2,1-2H3,(H,24,25). The number of amides is 1. The van der Waals surface area contributed by atoms with Gasteiger partial charge in [-0.15, -0.1) is 0 Å². The predicted octanol–water partition coefficient (Wildman–Crippen LogP) is 4.28. The van der Waals surface area contributed by atoms with Crippen LogP contribution in [0.3, 0.4) is 0 Å². The summed E-state index contributed by atoms with van der Waals surface area (Å²) < 4.78 is 65.2. The van der Waals surface area contributed by atoms with Crippen LogP contribution in [0.15, 0.2) is 41.3 Å². The van der Waals surface area contributed by atoms with Gasteiger partial charge in [0.25, 0.3) is 0 Å². The van der Waals surface area contributed by atoms with Gasteiger partial charge in [0, 0.05) is 18.7 Å². The number of anilines is 1. The summed E-state index contributed by atoms with van der Waals surface area (Å²) in [6.07, 6.45) is -4.97. The molecule has 1 amide bonds. The van der Waals surface area contributed by atoms with Crippen molar-refractivity contribution in [3.63, 3.8) is 0 Å². The van der Waals surface area contributed by atoms with Crippen LogP contribution in [0.1, 0.15) is 23.1 Å². The monoisotopic (exact) mass is 434 g/mol. The van der Waals surface area contributed by atoms with Crippen molar-refractivity contribution in [2.24, 2.45) is 0 Å². The number of alkyl halides is 3. The average Bonchev–Trinajstić information content (AvgIpc) is 2.58. The van der Waals surface area contributed by atoms with Crippen LogP contribution >= 0.6 is 11.6 Å². The minimum absolute atomic E-state index is 0.188. The SMILES string of the molecule is Cc1cccc(NC(=O)CCNS(=O)(=O)c2ccc(Cl)c(C(F)(F)F)c2)c1C. The molecule has 0 bridgehead atoms. The fourth-order valence-electron chi connectivity index (χ4n) is 2.37. The predicted molar refractivity (Wildman–Crippen MR) is 101 cm³/mol. The lowest BCUT2D eigenvalue weighted by Crippen LogP contribution is -2.28. The van der Waals surface area contributed by atoms with Crippen LogP contribution in [0.4, 0.5) is 18.9 Å². The van der Waals surface area contributed by atoms with Crippen LogP contribution in [-0.4, -0.2) is 20.9 Å². The van der Waals surface area contributed by atoms with Gasteiger partial charge < -0.3 is 5.32 Å². The maximum Gasteiger partial charge on any atom is 0.417 e.